The number of benzene rings is 1. The Kier molecular flexibility index (Phi) is 5.41. The number of rotatable bonds is 5. The molecule has 8 nitrogen and oxygen atoms in total. The number of aromatic carboxylic acids is 1. The van der Waals surface area contributed by atoms with Crippen LogP contribution in [0.25, 0.3) is 11.4 Å². The normalized spacial score (nSPS) is 14.7. The van der Waals surface area contributed by atoms with Crippen LogP contribution in [-0.4, -0.2) is 63.7 Å². The summed E-state index contributed by atoms with van der Waals surface area (Å²) in [5.41, 5.74) is 4.91. The van der Waals surface area contributed by atoms with Gasteiger partial charge in [-0.15, -0.1) is 0 Å². The second-order valence-electron chi connectivity index (χ2n) is 7.71. The molecule has 2 N–H and O–H groups in total. The van der Waals surface area contributed by atoms with Crippen molar-refractivity contribution in [3.8, 4) is 11.4 Å². The van der Waals surface area contributed by atoms with Crippen LogP contribution in [0, 0.1) is 6.92 Å². The lowest BCUT2D eigenvalue weighted by molar-refractivity contribution is 0.0697. The van der Waals surface area contributed by atoms with Crippen molar-refractivity contribution in [3.05, 3.63) is 53.9 Å². The summed E-state index contributed by atoms with van der Waals surface area (Å²) in [6.07, 6.45) is 3.25. The number of piperazine rings is 1. The van der Waals surface area contributed by atoms with Crippen molar-refractivity contribution in [2.45, 2.75) is 6.92 Å². The molecular weight excluding hydrogens is 380 g/mol. The highest BCUT2D eigenvalue weighted by molar-refractivity contribution is 5.89. The minimum atomic E-state index is -0.958. The quantitative estimate of drug-likeness (QED) is 0.674. The van der Waals surface area contributed by atoms with E-state index in [0.29, 0.717) is 11.6 Å². The third kappa shape index (κ3) is 4.13. The van der Waals surface area contributed by atoms with Crippen molar-refractivity contribution in [3.63, 3.8) is 0 Å². The largest absolute Gasteiger partial charge is 0.478 e. The van der Waals surface area contributed by atoms with Crippen molar-refractivity contribution < 1.29 is 9.90 Å². The van der Waals surface area contributed by atoms with E-state index in [1.807, 2.05) is 0 Å². The zero-order chi connectivity index (χ0) is 21.3. The number of likely N-dealkylation sites (N-methyl/N-ethyl adjacent to an activating group) is 1. The number of carboxylic acid groups (broad SMARTS) is 1. The number of nitrogens with zero attached hydrogens (tertiary/aromatic N) is 5. The first kappa shape index (κ1) is 19.9. The van der Waals surface area contributed by atoms with Crippen molar-refractivity contribution in [2.24, 2.45) is 7.05 Å². The molecule has 0 bridgehead atoms. The van der Waals surface area contributed by atoms with Gasteiger partial charge < -0.3 is 24.8 Å². The second kappa shape index (κ2) is 8.16. The van der Waals surface area contributed by atoms with Crippen molar-refractivity contribution in [2.75, 3.05) is 43.4 Å². The molecule has 30 heavy (non-hydrogen) atoms. The molecule has 4 rings (SSSR count). The molecule has 0 spiro atoms. The number of nitrogens with one attached hydrogen (secondary N) is 1. The van der Waals surface area contributed by atoms with Crippen LogP contribution in [0.15, 0.2) is 42.7 Å². The maximum Gasteiger partial charge on any atom is 0.337 e. The van der Waals surface area contributed by atoms with Crippen LogP contribution >= 0.6 is 0 Å². The van der Waals surface area contributed by atoms with E-state index in [4.69, 9.17) is 0 Å². The average molecular weight is 406 g/mol. The lowest BCUT2D eigenvalue weighted by Crippen LogP contribution is -2.44. The lowest BCUT2D eigenvalue weighted by atomic mass is 10.1. The predicted octanol–water partition coefficient (Wildman–Crippen LogP) is 2.98. The van der Waals surface area contributed by atoms with Gasteiger partial charge in [-0.25, -0.2) is 14.8 Å². The average Bonchev–Trinajstić information content (AvgIpc) is 3.12. The molecule has 1 aliphatic rings. The number of aryl methyl sites for hydroxylation is 2. The molecule has 3 aromatic rings. The molecule has 0 atom stereocenters. The molecule has 1 saturated heterocycles. The fraction of sp³-hybridized carbons (Fsp3) is 0.318. The molecule has 0 radical (unpaired) electrons. The minimum Gasteiger partial charge on any atom is -0.478 e. The Morgan fingerprint density at radius 1 is 1.10 bits per heavy atom. The molecule has 0 aliphatic carbocycles. The summed E-state index contributed by atoms with van der Waals surface area (Å²) in [5, 5.41) is 12.5. The summed E-state index contributed by atoms with van der Waals surface area (Å²) in [7, 11) is 3.96. The topological polar surface area (TPSA) is 86.5 Å². The van der Waals surface area contributed by atoms with Crippen molar-refractivity contribution >= 4 is 23.3 Å². The monoisotopic (exact) mass is 406 g/mol. The summed E-state index contributed by atoms with van der Waals surface area (Å²) in [4.78, 5) is 24.9. The first-order valence-corrected chi connectivity index (χ1v) is 9.95. The summed E-state index contributed by atoms with van der Waals surface area (Å²) in [6, 6.07) is 9.76. The molecule has 0 amide bonds. The van der Waals surface area contributed by atoms with Gasteiger partial charge >= 0.3 is 5.97 Å². The Labute approximate surface area is 175 Å². The van der Waals surface area contributed by atoms with Gasteiger partial charge in [0, 0.05) is 57.0 Å². The molecule has 1 aromatic carbocycles. The molecule has 1 aliphatic heterocycles. The highest BCUT2D eigenvalue weighted by Crippen LogP contribution is 2.26. The van der Waals surface area contributed by atoms with Crippen LogP contribution in [-0.2, 0) is 7.05 Å². The molecule has 0 saturated carbocycles. The van der Waals surface area contributed by atoms with Gasteiger partial charge in [0.1, 0.15) is 0 Å². The van der Waals surface area contributed by atoms with Gasteiger partial charge in [0.15, 0.2) is 0 Å². The van der Waals surface area contributed by atoms with E-state index in [0.717, 1.165) is 43.1 Å². The van der Waals surface area contributed by atoms with Crippen molar-refractivity contribution in [1.82, 2.24) is 19.4 Å². The van der Waals surface area contributed by atoms with Gasteiger partial charge in [-0.05, 0) is 49.9 Å². The first-order valence-electron chi connectivity index (χ1n) is 9.95. The molecule has 8 heteroatoms. The molecular formula is C22H26N6O2. The zero-order valence-corrected chi connectivity index (χ0v) is 17.5. The van der Waals surface area contributed by atoms with Gasteiger partial charge in [-0.3, -0.25) is 0 Å². The number of carboxylic acids is 1. The number of hydrogen-bond acceptors (Lipinski definition) is 6. The Morgan fingerprint density at radius 3 is 2.53 bits per heavy atom. The molecule has 1 fully saturated rings. The number of anilines is 3. The number of hydrogen-bond donors (Lipinski definition) is 2. The van der Waals surface area contributed by atoms with E-state index in [2.05, 4.69) is 57.3 Å². The zero-order valence-electron chi connectivity index (χ0n) is 17.5. The second-order valence-corrected chi connectivity index (χ2v) is 7.71. The van der Waals surface area contributed by atoms with E-state index in [1.165, 1.54) is 5.69 Å². The molecule has 3 heterocycles. The van der Waals surface area contributed by atoms with Gasteiger partial charge in [-0.1, -0.05) is 0 Å². The van der Waals surface area contributed by atoms with E-state index in [9.17, 15) is 9.90 Å². The smallest absolute Gasteiger partial charge is 0.337 e. The number of carbonyl (C=O) groups is 1. The van der Waals surface area contributed by atoms with Crippen LogP contribution in [0.4, 0.5) is 17.3 Å². The van der Waals surface area contributed by atoms with Gasteiger partial charge in [-0.2, -0.15) is 0 Å². The lowest BCUT2D eigenvalue weighted by Gasteiger charge is -2.34. The van der Waals surface area contributed by atoms with Gasteiger partial charge in [0.2, 0.25) is 5.95 Å². The highest BCUT2D eigenvalue weighted by atomic mass is 16.4. The van der Waals surface area contributed by atoms with Crippen molar-refractivity contribution in [1.29, 1.82) is 0 Å². The van der Waals surface area contributed by atoms with E-state index in [1.54, 1.807) is 36.1 Å². The Balaban J connectivity index is 1.54. The highest BCUT2D eigenvalue weighted by Gasteiger charge is 2.16. The Bertz CT molecular complexity index is 1070. The summed E-state index contributed by atoms with van der Waals surface area (Å²) in [6.45, 7) is 6.28. The third-order valence-corrected chi connectivity index (χ3v) is 5.49. The standard InChI is InChI=1S/C22H26N6O2/c1-15-12-17(28-10-8-26(2)9-11-28)4-5-18(15)24-22-23-7-6-19(25-22)20-13-16(21(29)30)14-27(20)3/h4-7,12-14H,8-11H2,1-3H3,(H,29,30)(H,23,24,25). The van der Waals surface area contributed by atoms with E-state index < -0.39 is 5.97 Å². The van der Waals surface area contributed by atoms with Crippen LogP contribution in [0.2, 0.25) is 0 Å². The Hall–Kier alpha value is -3.39. The first-order chi connectivity index (χ1) is 14.4. The number of aromatic nitrogens is 3. The van der Waals surface area contributed by atoms with E-state index in [-0.39, 0.29) is 5.56 Å². The predicted molar refractivity (Wildman–Crippen MR) is 118 cm³/mol. The van der Waals surface area contributed by atoms with Crippen LogP contribution < -0.4 is 10.2 Å². The minimum absolute atomic E-state index is 0.232. The Morgan fingerprint density at radius 2 is 1.87 bits per heavy atom. The fourth-order valence-electron chi connectivity index (χ4n) is 3.67. The summed E-state index contributed by atoms with van der Waals surface area (Å²) < 4.78 is 1.76. The molecule has 0 unspecified atom stereocenters. The summed E-state index contributed by atoms with van der Waals surface area (Å²) >= 11 is 0. The SMILES string of the molecule is Cc1cc(N2CCN(C)CC2)ccc1Nc1nccc(-c2cc(C(=O)O)cn2C)n1. The molecule has 2 aromatic heterocycles. The third-order valence-electron chi connectivity index (χ3n) is 5.49. The van der Waals surface area contributed by atoms with Gasteiger partial charge in [0.05, 0.1) is 17.0 Å². The maximum absolute atomic E-state index is 11.2. The van der Waals surface area contributed by atoms with Gasteiger partial charge in [0.25, 0.3) is 0 Å². The van der Waals surface area contributed by atoms with Crippen LogP contribution in [0.5, 0.6) is 0 Å². The van der Waals surface area contributed by atoms with Crippen LogP contribution in [0.3, 0.4) is 0 Å². The van der Waals surface area contributed by atoms with E-state index >= 15 is 0 Å². The van der Waals surface area contributed by atoms with Crippen LogP contribution in [0.1, 0.15) is 15.9 Å². The summed E-state index contributed by atoms with van der Waals surface area (Å²) in [5.74, 6) is -0.485. The molecule has 156 valence electrons. The maximum atomic E-state index is 11.2. The fourth-order valence-corrected chi connectivity index (χ4v) is 3.67.